The van der Waals surface area contributed by atoms with Crippen LogP contribution in [-0.2, 0) is 9.59 Å². The smallest absolute Gasteiger partial charge is 0.293 e. The molecule has 9 nitrogen and oxygen atoms in total. The van der Waals surface area contributed by atoms with Crippen molar-refractivity contribution >= 4 is 46.4 Å². The molecule has 0 saturated carbocycles. The lowest BCUT2D eigenvalue weighted by atomic mass is 9.85. The molecule has 0 unspecified atom stereocenters. The van der Waals surface area contributed by atoms with Crippen LogP contribution in [0, 0.1) is 28.9 Å². The zero-order valence-corrected chi connectivity index (χ0v) is 19.2. The Bertz CT molecular complexity index is 1190. The standard InChI is InChI=1S/C24H23ClN4O5/c1-14-6-8-16(13-19(14)25)27-22(30)15-7-9-20(21(12-15)29(33)34)26-10-11-28-23(31)17-4-2-3-5-18(17)24(28)32/h2-3,6-9,12-13,17-18,26H,4-5,10-11H2,1H3,(H,27,30)/t17-,18-/m0/s1. The van der Waals surface area contributed by atoms with Gasteiger partial charge in [-0.15, -0.1) is 0 Å². The lowest BCUT2D eigenvalue weighted by Gasteiger charge is -2.16. The maximum atomic E-state index is 12.6. The summed E-state index contributed by atoms with van der Waals surface area (Å²) < 4.78 is 0. The van der Waals surface area contributed by atoms with E-state index in [1.807, 2.05) is 19.1 Å². The van der Waals surface area contributed by atoms with Gasteiger partial charge in [0, 0.05) is 35.4 Å². The molecule has 2 aromatic carbocycles. The van der Waals surface area contributed by atoms with Gasteiger partial charge in [-0.2, -0.15) is 0 Å². The Labute approximate surface area is 200 Å². The number of carbonyl (C=O) groups excluding carboxylic acids is 3. The van der Waals surface area contributed by atoms with Crippen LogP contribution < -0.4 is 10.6 Å². The third kappa shape index (κ3) is 4.65. The van der Waals surface area contributed by atoms with Crippen LogP contribution in [0.3, 0.4) is 0 Å². The number of aryl methyl sites for hydroxylation is 1. The van der Waals surface area contributed by atoms with Gasteiger partial charge in [-0.1, -0.05) is 29.8 Å². The van der Waals surface area contributed by atoms with E-state index in [2.05, 4.69) is 10.6 Å². The van der Waals surface area contributed by atoms with Gasteiger partial charge in [0.25, 0.3) is 11.6 Å². The van der Waals surface area contributed by atoms with E-state index < -0.39 is 10.8 Å². The Morgan fingerprint density at radius 1 is 1.12 bits per heavy atom. The number of hydrogen-bond acceptors (Lipinski definition) is 6. The number of halogens is 1. The molecule has 2 N–H and O–H groups in total. The van der Waals surface area contributed by atoms with E-state index in [0.29, 0.717) is 23.6 Å². The van der Waals surface area contributed by atoms with Crippen molar-refractivity contribution in [3.63, 3.8) is 0 Å². The molecule has 1 aliphatic heterocycles. The van der Waals surface area contributed by atoms with Gasteiger partial charge in [-0.3, -0.25) is 29.4 Å². The van der Waals surface area contributed by atoms with Crippen molar-refractivity contribution in [2.45, 2.75) is 19.8 Å². The van der Waals surface area contributed by atoms with Crippen LogP contribution in [0.25, 0.3) is 0 Å². The molecule has 2 atom stereocenters. The molecule has 3 amide bonds. The minimum Gasteiger partial charge on any atom is -0.378 e. The summed E-state index contributed by atoms with van der Waals surface area (Å²) in [5.41, 5.74) is 1.35. The molecule has 1 saturated heterocycles. The number of nitrogens with one attached hydrogen (secondary N) is 2. The van der Waals surface area contributed by atoms with Crippen LogP contribution >= 0.6 is 11.6 Å². The number of anilines is 2. The van der Waals surface area contributed by atoms with Gasteiger partial charge in [0.15, 0.2) is 0 Å². The summed E-state index contributed by atoms with van der Waals surface area (Å²) in [7, 11) is 0. The SMILES string of the molecule is Cc1ccc(NC(=O)c2ccc(NCCN3C(=O)[C@H]4CC=CC[C@@H]4C3=O)c([N+](=O)[O-])c2)cc1Cl. The van der Waals surface area contributed by atoms with Gasteiger partial charge < -0.3 is 10.6 Å². The first-order valence-electron chi connectivity index (χ1n) is 10.9. The van der Waals surface area contributed by atoms with Gasteiger partial charge >= 0.3 is 0 Å². The number of hydrogen-bond donors (Lipinski definition) is 2. The van der Waals surface area contributed by atoms with Crippen molar-refractivity contribution in [3.05, 3.63) is 74.8 Å². The van der Waals surface area contributed by atoms with Gasteiger partial charge in [-0.05, 0) is 49.6 Å². The second-order valence-corrected chi connectivity index (χ2v) is 8.73. The Hall–Kier alpha value is -3.72. The number of nitrogens with zero attached hydrogens (tertiary/aromatic N) is 2. The second kappa shape index (κ2) is 9.64. The van der Waals surface area contributed by atoms with Crippen molar-refractivity contribution in [2.24, 2.45) is 11.8 Å². The zero-order chi connectivity index (χ0) is 24.4. The zero-order valence-electron chi connectivity index (χ0n) is 18.4. The molecule has 10 heteroatoms. The number of amides is 3. The molecule has 1 aliphatic carbocycles. The fourth-order valence-corrected chi connectivity index (χ4v) is 4.42. The van der Waals surface area contributed by atoms with Gasteiger partial charge in [0.2, 0.25) is 11.8 Å². The minimum atomic E-state index is -0.589. The Morgan fingerprint density at radius 3 is 2.41 bits per heavy atom. The maximum Gasteiger partial charge on any atom is 0.293 e. The first-order valence-corrected chi connectivity index (χ1v) is 11.2. The first-order chi connectivity index (χ1) is 16.3. The number of nitro groups is 1. The molecule has 1 fully saturated rings. The summed E-state index contributed by atoms with van der Waals surface area (Å²) in [6, 6.07) is 9.14. The predicted molar refractivity (Wildman–Crippen MR) is 128 cm³/mol. The monoisotopic (exact) mass is 482 g/mol. The Balaban J connectivity index is 1.42. The second-order valence-electron chi connectivity index (χ2n) is 8.32. The molecule has 0 radical (unpaired) electrons. The van der Waals surface area contributed by atoms with Gasteiger partial charge in [0.1, 0.15) is 5.69 Å². The lowest BCUT2D eigenvalue weighted by Crippen LogP contribution is -2.35. The third-order valence-corrected chi connectivity index (χ3v) is 6.54. The number of likely N-dealkylation sites (tertiary alicyclic amines) is 1. The summed E-state index contributed by atoms with van der Waals surface area (Å²) in [5, 5.41) is 17.7. The summed E-state index contributed by atoms with van der Waals surface area (Å²) in [6.45, 7) is 2.10. The number of carbonyl (C=O) groups is 3. The molecule has 0 aromatic heterocycles. The quantitative estimate of drug-likeness (QED) is 0.264. The fraction of sp³-hybridized carbons (Fsp3) is 0.292. The van der Waals surface area contributed by atoms with Gasteiger partial charge in [0.05, 0.1) is 16.8 Å². The van der Waals surface area contributed by atoms with Gasteiger partial charge in [-0.25, -0.2) is 0 Å². The summed E-state index contributed by atoms with van der Waals surface area (Å²) in [4.78, 5) is 50.0. The van der Waals surface area contributed by atoms with Crippen molar-refractivity contribution < 1.29 is 19.3 Å². The number of fused-ring (bicyclic) bond motifs is 1. The lowest BCUT2D eigenvalue weighted by molar-refractivity contribution is -0.384. The number of nitro benzene ring substituents is 1. The highest BCUT2D eigenvalue weighted by Crippen LogP contribution is 2.35. The summed E-state index contributed by atoms with van der Waals surface area (Å²) in [5.74, 6) is -1.53. The van der Waals surface area contributed by atoms with Crippen molar-refractivity contribution in [1.82, 2.24) is 4.90 Å². The minimum absolute atomic E-state index is 0.107. The third-order valence-electron chi connectivity index (χ3n) is 6.14. The van der Waals surface area contributed by atoms with Crippen molar-refractivity contribution in [3.8, 4) is 0 Å². The highest BCUT2D eigenvalue weighted by Gasteiger charge is 2.46. The molecule has 1 heterocycles. The Morgan fingerprint density at radius 2 is 1.79 bits per heavy atom. The van der Waals surface area contributed by atoms with Crippen LogP contribution in [-0.4, -0.2) is 40.6 Å². The highest BCUT2D eigenvalue weighted by atomic mass is 35.5. The van der Waals surface area contributed by atoms with Crippen molar-refractivity contribution in [1.29, 1.82) is 0 Å². The summed E-state index contributed by atoms with van der Waals surface area (Å²) >= 11 is 6.08. The van der Waals surface area contributed by atoms with Crippen LogP contribution in [0.15, 0.2) is 48.6 Å². The van der Waals surface area contributed by atoms with Crippen LogP contribution in [0.5, 0.6) is 0 Å². The first kappa shape index (κ1) is 23.4. The van der Waals surface area contributed by atoms with Crippen molar-refractivity contribution in [2.75, 3.05) is 23.7 Å². The average molecular weight is 483 g/mol. The molecule has 0 bridgehead atoms. The number of imide groups is 1. The van der Waals surface area contributed by atoms with Crippen LogP contribution in [0.4, 0.5) is 17.1 Å². The molecule has 2 aromatic rings. The number of benzene rings is 2. The fourth-order valence-electron chi connectivity index (χ4n) is 4.24. The van der Waals surface area contributed by atoms with E-state index in [1.54, 1.807) is 18.2 Å². The maximum absolute atomic E-state index is 12.6. The average Bonchev–Trinajstić information content (AvgIpc) is 3.06. The molecular formula is C24H23ClN4O5. The number of allylic oxidation sites excluding steroid dienone is 2. The topological polar surface area (TPSA) is 122 Å². The normalized spacial score (nSPS) is 19.2. The predicted octanol–water partition coefficient (Wildman–Crippen LogP) is 4.17. The van der Waals surface area contributed by atoms with E-state index >= 15 is 0 Å². The largest absolute Gasteiger partial charge is 0.378 e. The van der Waals surface area contributed by atoms with E-state index in [4.69, 9.17) is 11.6 Å². The van der Waals surface area contributed by atoms with E-state index in [-0.39, 0.29) is 53.7 Å². The van der Waals surface area contributed by atoms with E-state index in [0.717, 1.165) is 5.56 Å². The van der Waals surface area contributed by atoms with E-state index in [1.165, 1.54) is 23.1 Å². The van der Waals surface area contributed by atoms with E-state index in [9.17, 15) is 24.5 Å². The van der Waals surface area contributed by atoms with Crippen LogP contribution in [0.1, 0.15) is 28.8 Å². The molecular weight excluding hydrogens is 460 g/mol. The molecule has 176 valence electrons. The number of rotatable bonds is 7. The summed E-state index contributed by atoms with van der Waals surface area (Å²) in [6.07, 6.45) is 4.96. The highest BCUT2D eigenvalue weighted by molar-refractivity contribution is 6.31. The molecule has 4 rings (SSSR count). The molecule has 2 aliphatic rings. The van der Waals surface area contributed by atoms with Crippen LogP contribution in [0.2, 0.25) is 5.02 Å². The molecule has 34 heavy (non-hydrogen) atoms. The Kier molecular flexibility index (Phi) is 6.65. The molecule has 0 spiro atoms.